The number of carbonyl (C=O) groups is 1. The Morgan fingerprint density at radius 1 is 1.13 bits per heavy atom. The number of hydrogen-bond donors (Lipinski definition) is 1. The summed E-state index contributed by atoms with van der Waals surface area (Å²) in [6.07, 6.45) is 0. The average Bonchev–Trinajstić information content (AvgIpc) is 2.88. The standard InChI is InChI=1S/C12H7F3INO4S2/c13-12(14,15)23(19,20)17-10-6-5-9(22-10)11(18)21-8-3-1-7(16)2-4-8/h1-6,17H. The molecule has 0 amide bonds. The number of benzene rings is 1. The summed E-state index contributed by atoms with van der Waals surface area (Å²) in [5.74, 6) is -0.532. The number of thiophene rings is 1. The largest absolute Gasteiger partial charge is 0.516 e. The SMILES string of the molecule is O=C(Oc1ccc(I)cc1)c1ccc(NS(=O)(=O)C(F)(F)F)s1. The van der Waals surface area contributed by atoms with Crippen LogP contribution in [0.25, 0.3) is 0 Å². The summed E-state index contributed by atoms with van der Waals surface area (Å²) in [5.41, 5.74) is -5.43. The van der Waals surface area contributed by atoms with Crippen molar-refractivity contribution in [3.8, 4) is 5.75 Å². The van der Waals surface area contributed by atoms with Crippen LogP contribution in [0, 0.1) is 3.57 Å². The molecule has 11 heteroatoms. The van der Waals surface area contributed by atoms with Crippen LogP contribution < -0.4 is 9.46 Å². The highest BCUT2D eigenvalue weighted by atomic mass is 127. The quantitative estimate of drug-likeness (QED) is 0.413. The maximum Gasteiger partial charge on any atom is 0.516 e. The number of ether oxygens (including phenoxy) is 1. The van der Waals surface area contributed by atoms with E-state index in [0.717, 1.165) is 9.64 Å². The summed E-state index contributed by atoms with van der Waals surface area (Å²) >= 11 is 2.61. The number of rotatable bonds is 4. The Balaban J connectivity index is 2.10. The fourth-order valence-corrected chi connectivity index (χ4v) is 3.29. The number of nitrogens with one attached hydrogen (secondary N) is 1. The van der Waals surface area contributed by atoms with Crippen molar-refractivity contribution in [1.82, 2.24) is 0 Å². The Morgan fingerprint density at radius 3 is 2.30 bits per heavy atom. The van der Waals surface area contributed by atoms with E-state index in [1.165, 1.54) is 10.8 Å². The van der Waals surface area contributed by atoms with Gasteiger partial charge in [-0.15, -0.1) is 11.3 Å². The number of halogens is 4. The van der Waals surface area contributed by atoms with E-state index in [1.807, 2.05) is 0 Å². The highest BCUT2D eigenvalue weighted by molar-refractivity contribution is 14.1. The van der Waals surface area contributed by atoms with Gasteiger partial charge in [-0.1, -0.05) is 0 Å². The first-order valence-electron chi connectivity index (χ1n) is 5.75. The molecule has 0 saturated heterocycles. The number of anilines is 1. The van der Waals surface area contributed by atoms with Crippen LogP contribution >= 0.6 is 33.9 Å². The van der Waals surface area contributed by atoms with Crippen molar-refractivity contribution in [2.45, 2.75) is 5.51 Å². The fourth-order valence-electron chi connectivity index (χ4n) is 1.35. The molecule has 0 aliphatic rings. The van der Waals surface area contributed by atoms with Gasteiger partial charge >= 0.3 is 21.5 Å². The molecule has 1 heterocycles. The molecule has 0 spiro atoms. The van der Waals surface area contributed by atoms with Crippen molar-refractivity contribution in [3.05, 3.63) is 44.8 Å². The highest BCUT2D eigenvalue weighted by Crippen LogP contribution is 2.29. The van der Waals surface area contributed by atoms with Crippen LogP contribution in [0.4, 0.5) is 18.2 Å². The molecule has 124 valence electrons. The van der Waals surface area contributed by atoms with Crippen molar-refractivity contribution < 1.29 is 31.1 Å². The molecule has 0 aliphatic carbocycles. The third-order valence-electron chi connectivity index (χ3n) is 2.37. The number of sulfonamides is 1. The van der Waals surface area contributed by atoms with Crippen molar-refractivity contribution in [3.63, 3.8) is 0 Å². The van der Waals surface area contributed by atoms with Gasteiger partial charge in [-0.2, -0.15) is 21.6 Å². The molecule has 1 aromatic carbocycles. The zero-order valence-electron chi connectivity index (χ0n) is 10.9. The number of alkyl halides is 3. The smallest absolute Gasteiger partial charge is 0.422 e. The van der Waals surface area contributed by atoms with Gasteiger partial charge in [-0.25, -0.2) is 4.79 Å². The second kappa shape index (κ2) is 6.65. The third-order valence-corrected chi connectivity index (χ3v) is 5.30. The first-order chi connectivity index (χ1) is 10.6. The van der Waals surface area contributed by atoms with Gasteiger partial charge in [0.05, 0.1) is 0 Å². The molecular weight excluding hydrogens is 470 g/mol. The van der Waals surface area contributed by atoms with E-state index in [2.05, 4.69) is 22.6 Å². The zero-order valence-corrected chi connectivity index (χ0v) is 14.7. The van der Waals surface area contributed by atoms with Gasteiger partial charge in [0.1, 0.15) is 15.6 Å². The molecule has 5 nitrogen and oxygen atoms in total. The molecule has 0 fully saturated rings. The van der Waals surface area contributed by atoms with Crippen LogP contribution in [-0.4, -0.2) is 19.9 Å². The lowest BCUT2D eigenvalue weighted by atomic mass is 10.3. The summed E-state index contributed by atoms with van der Waals surface area (Å²) in [5, 5.41) is -0.336. The highest BCUT2D eigenvalue weighted by Gasteiger charge is 2.46. The topological polar surface area (TPSA) is 72.5 Å². The predicted molar refractivity (Wildman–Crippen MR) is 87.0 cm³/mol. The molecule has 0 atom stereocenters. The molecule has 1 aromatic heterocycles. The minimum Gasteiger partial charge on any atom is -0.422 e. The maximum atomic E-state index is 12.3. The molecule has 0 radical (unpaired) electrons. The van der Waals surface area contributed by atoms with Crippen molar-refractivity contribution >= 4 is 54.9 Å². The molecule has 1 N–H and O–H groups in total. The normalized spacial score (nSPS) is 12.0. The second-order valence-corrected chi connectivity index (χ2v) is 8.06. The lowest BCUT2D eigenvalue weighted by Gasteiger charge is -2.08. The number of hydrogen-bond acceptors (Lipinski definition) is 5. The molecule has 2 rings (SSSR count). The third kappa shape index (κ3) is 4.57. The lowest BCUT2D eigenvalue weighted by Crippen LogP contribution is -2.29. The van der Waals surface area contributed by atoms with Gasteiger partial charge in [0, 0.05) is 3.57 Å². The first-order valence-corrected chi connectivity index (χ1v) is 9.13. The van der Waals surface area contributed by atoms with Gasteiger partial charge < -0.3 is 4.74 Å². The van der Waals surface area contributed by atoms with E-state index >= 15 is 0 Å². The zero-order chi connectivity index (χ0) is 17.3. The predicted octanol–water partition coefficient (Wildman–Crippen LogP) is 3.83. The van der Waals surface area contributed by atoms with Gasteiger partial charge in [-0.05, 0) is 59.0 Å². The van der Waals surface area contributed by atoms with Crippen molar-refractivity contribution in [2.24, 2.45) is 0 Å². The Kier molecular flexibility index (Phi) is 5.20. The molecule has 23 heavy (non-hydrogen) atoms. The van der Waals surface area contributed by atoms with E-state index < -0.39 is 21.5 Å². The second-order valence-electron chi connectivity index (χ2n) is 4.06. The summed E-state index contributed by atoms with van der Waals surface area (Å²) in [4.78, 5) is 11.8. The molecule has 0 aliphatic heterocycles. The van der Waals surface area contributed by atoms with E-state index in [1.54, 1.807) is 24.3 Å². The van der Waals surface area contributed by atoms with Gasteiger partial charge in [0.15, 0.2) is 0 Å². The molecule has 0 saturated carbocycles. The summed E-state index contributed by atoms with van der Waals surface area (Å²) in [6.45, 7) is 0. The fraction of sp³-hybridized carbons (Fsp3) is 0.0833. The Bertz CT molecular complexity index is 816. The van der Waals surface area contributed by atoms with Gasteiger partial charge in [-0.3, -0.25) is 4.72 Å². The van der Waals surface area contributed by atoms with Gasteiger partial charge in [0.25, 0.3) is 0 Å². The van der Waals surface area contributed by atoms with E-state index in [0.29, 0.717) is 11.3 Å². The molecular formula is C12H7F3INO4S2. The molecule has 0 bridgehead atoms. The van der Waals surface area contributed by atoms with E-state index in [4.69, 9.17) is 4.74 Å². The minimum absolute atomic E-state index is 0.0385. The summed E-state index contributed by atoms with van der Waals surface area (Å²) in [7, 11) is -5.52. The monoisotopic (exact) mass is 477 g/mol. The van der Waals surface area contributed by atoms with Crippen LogP contribution in [0.5, 0.6) is 5.75 Å². The van der Waals surface area contributed by atoms with Crippen molar-refractivity contribution in [2.75, 3.05) is 4.72 Å². The van der Waals surface area contributed by atoms with Crippen LogP contribution in [0.3, 0.4) is 0 Å². The Morgan fingerprint density at radius 2 is 1.74 bits per heavy atom. The Hall–Kier alpha value is -1.34. The van der Waals surface area contributed by atoms with Crippen molar-refractivity contribution in [1.29, 1.82) is 0 Å². The summed E-state index contributed by atoms with van der Waals surface area (Å²) in [6, 6.07) is 8.76. The van der Waals surface area contributed by atoms with Gasteiger partial charge in [0.2, 0.25) is 0 Å². The van der Waals surface area contributed by atoms with E-state index in [-0.39, 0.29) is 15.6 Å². The first kappa shape index (κ1) is 18.0. The lowest BCUT2D eigenvalue weighted by molar-refractivity contribution is -0.0429. The number of esters is 1. The Labute approximate surface area is 146 Å². The van der Waals surface area contributed by atoms with Crippen LogP contribution in [0.1, 0.15) is 9.67 Å². The van der Waals surface area contributed by atoms with Crippen LogP contribution in [0.2, 0.25) is 0 Å². The minimum atomic E-state index is -5.52. The average molecular weight is 477 g/mol. The van der Waals surface area contributed by atoms with Crippen LogP contribution in [0.15, 0.2) is 36.4 Å². The molecule has 0 unspecified atom stereocenters. The molecule has 2 aromatic rings. The van der Waals surface area contributed by atoms with E-state index in [9.17, 15) is 26.4 Å². The van der Waals surface area contributed by atoms with Crippen LogP contribution in [-0.2, 0) is 10.0 Å². The number of carbonyl (C=O) groups excluding carboxylic acids is 1. The summed E-state index contributed by atoms with van der Waals surface area (Å²) < 4.78 is 66.1. The maximum absolute atomic E-state index is 12.3.